The van der Waals surface area contributed by atoms with Crippen LogP contribution in [0.5, 0.6) is 0 Å². The molecule has 0 atom stereocenters. The van der Waals surface area contributed by atoms with Gasteiger partial charge in [0.2, 0.25) is 11.8 Å². The van der Waals surface area contributed by atoms with Crippen LogP contribution in [-0.4, -0.2) is 23.3 Å². The lowest BCUT2D eigenvalue weighted by molar-refractivity contribution is -0.148. The minimum Gasteiger partial charge on any atom is -0.282 e. The summed E-state index contributed by atoms with van der Waals surface area (Å²) in [6.07, 6.45) is 7.83. The number of imide groups is 1. The summed E-state index contributed by atoms with van der Waals surface area (Å²) in [6, 6.07) is 0. The summed E-state index contributed by atoms with van der Waals surface area (Å²) in [7, 11) is 0. The molecule has 1 rings (SSSR count). The van der Waals surface area contributed by atoms with E-state index in [4.69, 9.17) is 0 Å². The fourth-order valence-corrected chi connectivity index (χ4v) is 2.43. The minimum atomic E-state index is -0.00553. The van der Waals surface area contributed by atoms with Gasteiger partial charge in [-0.3, -0.25) is 14.5 Å². The Labute approximate surface area is 105 Å². The largest absolute Gasteiger partial charge is 0.282 e. The molecule has 3 nitrogen and oxygen atoms in total. The monoisotopic (exact) mass is 239 g/mol. The number of amides is 2. The van der Waals surface area contributed by atoms with E-state index >= 15 is 0 Å². The molecule has 2 amide bonds. The fourth-order valence-electron chi connectivity index (χ4n) is 2.43. The molecule has 0 bridgehead atoms. The molecule has 1 aliphatic rings. The van der Waals surface area contributed by atoms with Crippen molar-refractivity contribution in [3.8, 4) is 0 Å². The van der Waals surface area contributed by atoms with Gasteiger partial charge in [-0.2, -0.15) is 0 Å². The summed E-state index contributed by atoms with van der Waals surface area (Å²) in [5.74, 6) is 0.190. The Morgan fingerprint density at radius 3 is 2.29 bits per heavy atom. The Kier molecular flexibility index (Phi) is 6.23. The third-order valence-electron chi connectivity index (χ3n) is 3.56. The standard InChI is InChI=1S/C14H25NO2/c1-3-5-11-15(13(16)4-2)14(17)12-9-7-6-8-10-12/h12H,3-11H2,1-2H3. The van der Waals surface area contributed by atoms with Gasteiger partial charge in [-0.15, -0.1) is 0 Å². The van der Waals surface area contributed by atoms with Crippen molar-refractivity contribution in [2.75, 3.05) is 6.54 Å². The molecule has 1 aliphatic carbocycles. The topological polar surface area (TPSA) is 37.4 Å². The van der Waals surface area contributed by atoms with Crippen LogP contribution >= 0.6 is 0 Å². The van der Waals surface area contributed by atoms with Crippen LogP contribution in [0.15, 0.2) is 0 Å². The molecule has 0 unspecified atom stereocenters. The second-order valence-corrected chi connectivity index (χ2v) is 4.93. The van der Waals surface area contributed by atoms with Crippen molar-refractivity contribution in [3.05, 3.63) is 0 Å². The SMILES string of the molecule is CCCCN(C(=O)CC)C(=O)C1CCCCC1. The van der Waals surface area contributed by atoms with Gasteiger partial charge in [0.15, 0.2) is 0 Å². The Balaban J connectivity index is 2.60. The third kappa shape index (κ3) is 4.14. The van der Waals surface area contributed by atoms with E-state index in [1.165, 1.54) is 11.3 Å². The molecule has 0 aromatic rings. The van der Waals surface area contributed by atoms with E-state index in [9.17, 15) is 9.59 Å². The maximum absolute atomic E-state index is 12.3. The summed E-state index contributed by atoms with van der Waals surface area (Å²) < 4.78 is 0. The number of rotatable bonds is 5. The Bertz CT molecular complexity index is 257. The number of carbonyl (C=O) groups is 2. The Hall–Kier alpha value is -0.860. The average molecular weight is 239 g/mol. The van der Waals surface area contributed by atoms with Gasteiger partial charge in [0.05, 0.1) is 0 Å². The van der Waals surface area contributed by atoms with Crippen molar-refractivity contribution in [2.24, 2.45) is 5.92 Å². The van der Waals surface area contributed by atoms with Crippen LogP contribution in [0.4, 0.5) is 0 Å². The highest BCUT2D eigenvalue weighted by atomic mass is 16.2. The molecule has 0 spiro atoms. The lowest BCUT2D eigenvalue weighted by Gasteiger charge is -2.27. The predicted octanol–water partition coefficient (Wildman–Crippen LogP) is 3.13. The van der Waals surface area contributed by atoms with Crippen LogP contribution in [0.1, 0.15) is 65.2 Å². The molecule has 0 heterocycles. The molecule has 1 saturated carbocycles. The highest BCUT2D eigenvalue weighted by molar-refractivity contribution is 5.96. The van der Waals surface area contributed by atoms with E-state index in [1.807, 2.05) is 6.92 Å². The van der Waals surface area contributed by atoms with Crippen LogP contribution in [0.25, 0.3) is 0 Å². The van der Waals surface area contributed by atoms with E-state index in [0.29, 0.717) is 13.0 Å². The second kappa shape index (κ2) is 7.46. The molecule has 1 fully saturated rings. The first kappa shape index (κ1) is 14.2. The van der Waals surface area contributed by atoms with Gasteiger partial charge >= 0.3 is 0 Å². The van der Waals surface area contributed by atoms with Crippen molar-refractivity contribution in [3.63, 3.8) is 0 Å². The first-order chi connectivity index (χ1) is 8.20. The smallest absolute Gasteiger partial charge is 0.232 e. The summed E-state index contributed by atoms with van der Waals surface area (Å²) in [4.78, 5) is 25.6. The lowest BCUT2D eigenvalue weighted by atomic mass is 9.88. The van der Waals surface area contributed by atoms with Gasteiger partial charge in [-0.05, 0) is 19.3 Å². The molecule has 0 aromatic heterocycles. The van der Waals surface area contributed by atoms with Gasteiger partial charge in [0, 0.05) is 18.9 Å². The number of unbranched alkanes of at least 4 members (excludes halogenated alkanes) is 1. The van der Waals surface area contributed by atoms with Crippen molar-refractivity contribution in [1.82, 2.24) is 4.90 Å². The molecule has 3 heteroatoms. The molecule has 0 N–H and O–H groups in total. The summed E-state index contributed by atoms with van der Waals surface area (Å²) >= 11 is 0. The van der Waals surface area contributed by atoms with Gasteiger partial charge < -0.3 is 0 Å². The van der Waals surface area contributed by atoms with Crippen molar-refractivity contribution < 1.29 is 9.59 Å². The average Bonchev–Trinajstić information content (AvgIpc) is 2.39. The van der Waals surface area contributed by atoms with E-state index in [-0.39, 0.29) is 17.7 Å². The summed E-state index contributed by atoms with van der Waals surface area (Å²) in [5.41, 5.74) is 0. The van der Waals surface area contributed by atoms with Gasteiger partial charge in [-0.25, -0.2) is 0 Å². The minimum absolute atomic E-state index is 0.00553. The third-order valence-corrected chi connectivity index (χ3v) is 3.56. The number of hydrogen-bond donors (Lipinski definition) is 0. The van der Waals surface area contributed by atoms with E-state index in [2.05, 4.69) is 6.92 Å². The number of nitrogens with zero attached hydrogens (tertiary/aromatic N) is 1. The summed E-state index contributed by atoms with van der Waals surface area (Å²) in [5, 5.41) is 0. The quantitative estimate of drug-likeness (QED) is 0.739. The van der Waals surface area contributed by atoms with E-state index in [0.717, 1.165) is 38.5 Å². The maximum atomic E-state index is 12.3. The molecule has 98 valence electrons. The molecule has 0 aromatic carbocycles. The maximum Gasteiger partial charge on any atom is 0.232 e. The van der Waals surface area contributed by atoms with Crippen LogP contribution in [-0.2, 0) is 9.59 Å². The van der Waals surface area contributed by atoms with Crippen LogP contribution in [0.3, 0.4) is 0 Å². The van der Waals surface area contributed by atoms with Gasteiger partial charge in [0.1, 0.15) is 0 Å². The fraction of sp³-hybridized carbons (Fsp3) is 0.857. The van der Waals surface area contributed by atoms with E-state index in [1.54, 1.807) is 0 Å². The van der Waals surface area contributed by atoms with Crippen LogP contribution in [0.2, 0.25) is 0 Å². The molecular weight excluding hydrogens is 214 g/mol. The predicted molar refractivity (Wildman–Crippen MR) is 68.5 cm³/mol. The zero-order valence-electron chi connectivity index (χ0n) is 11.2. The van der Waals surface area contributed by atoms with Crippen LogP contribution in [0, 0.1) is 5.92 Å². The molecular formula is C14H25NO2. The zero-order valence-corrected chi connectivity index (χ0v) is 11.2. The molecule has 17 heavy (non-hydrogen) atoms. The molecule has 0 aliphatic heterocycles. The highest BCUT2D eigenvalue weighted by Gasteiger charge is 2.28. The van der Waals surface area contributed by atoms with Gasteiger partial charge in [-0.1, -0.05) is 39.5 Å². The van der Waals surface area contributed by atoms with Crippen molar-refractivity contribution in [2.45, 2.75) is 65.2 Å². The van der Waals surface area contributed by atoms with Crippen molar-refractivity contribution >= 4 is 11.8 Å². The van der Waals surface area contributed by atoms with Crippen LogP contribution < -0.4 is 0 Å². The zero-order chi connectivity index (χ0) is 12.7. The van der Waals surface area contributed by atoms with Gasteiger partial charge in [0.25, 0.3) is 0 Å². The summed E-state index contributed by atoms with van der Waals surface area (Å²) in [6.45, 7) is 4.52. The molecule has 0 radical (unpaired) electrons. The Morgan fingerprint density at radius 2 is 1.76 bits per heavy atom. The van der Waals surface area contributed by atoms with Crippen molar-refractivity contribution in [1.29, 1.82) is 0 Å². The first-order valence-corrected chi connectivity index (χ1v) is 7.04. The number of carbonyl (C=O) groups excluding carboxylic acids is 2. The molecule has 0 saturated heterocycles. The second-order valence-electron chi connectivity index (χ2n) is 4.93. The van der Waals surface area contributed by atoms with E-state index < -0.39 is 0 Å². The first-order valence-electron chi connectivity index (χ1n) is 7.04. The highest BCUT2D eigenvalue weighted by Crippen LogP contribution is 2.25. The lowest BCUT2D eigenvalue weighted by Crippen LogP contribution is -2.41. The Morgan fingerprint density at radius 1 is 1.12 bits per heavy atom. The number of hydrogen-bond acceptors (Lipinski definition) is 2. The normalized spacial score (nSPS) is 16.8.